The van der Waals surface area contributed by atoms with Gasteiger partial charge >= 0.3 is 0 Å². The summed E-state index contributed by atoms with van der Waals surface area (Å²) >= 11 is 6.02. The summed E-state index contributed by atoms with van der Waals surface area (Å²) in [4.78, 5) is 22.0. The van der Waals surface area contributed by atoms with Gasteiger partial charge in [-0.25, -0.2) is 0 Å². The number of nitro groups is 1. The number of benzene rings is 2. The van der Waals surface area contributed by atoms with Gasteiger partial charge in [0.25, 0.3) is 5.69 Å². The SMILES string of the molecule is COc1ccc(Nc2ccc(C(C)=O)cc2[N+](=O)[O-])cc1Cl. The van der Waals surface area contributed by atoms with Crippen LogP contribution in [0.25, 0.3) is 0 Å². The molecular weight excluding hydrogens is 308 g/mol. The van der Waals surface area contributed by atoms with E-state index in [2.05, 4.69) is 5.32 Å². The van der Waals surface area contributed by atoms with Crippen LogP contribution >= 0.6 is 11.6 Å². The summed E-state index contributed by atoms with van der Waals surface area (Å²) in [6.45, 7) is 1.36. The summed E-state index contributed by atoms with van der Waals surface area (Å²) in [5, 5.41) is 14.5. The van der Waals surface area contributed by atoms with E-state index in [0.29, 0.717) is 16.5 Å². The fourth-order valence-corrected chi connectivity index (χ4v) is 2.16. The fraction of sp³-hybridized carbons (Fsp3) is 0.133. The van der Waals surface area contributed by atoms with Gasteiger partial charge in [0, 0.05) is 17.3 Å². The molecule has 0 saturated heterocycles. The Kier molecular flexibility index (Phi) is 4.62. The lowest BCUT2D eigenvalue weighted by atomic mass is 10.1. The lowest BCUT2D eigenvalue weighted by Gasteiger charge is -2.10. The lowest BCUT2D eigenvalue weighted by molar-refractivity contribution is -0.383. The highest BCUT2D eigenvalue weighted by Gasteiger charge is 2.16. The van der Waals surface area contributed by atoms with E-state index in [1.807, 2.05) is 0 Å². The molecular formula is C15H13ClN2O4. The number of hydrogen-bond donors (Lipinski definition) is 1. The molecule has 6 nitrogen and oxygen atoms in total. The summed E-state index contributed by atoms with van der Waals surface area (Å²) in [7, 11) is 1.50. The molecule has 0 saturated carbocycles. The first-order valence-corrected chi connectivity index (χ1v) is 6.70. The quantitative estimate of drug-likeness (QED) is 0.507. The van der Waals surface area contributed by atoms with E-state index in [4.69, 9.17) is 16.3 Å². The molecule has 0 amide bonds. The molecule has 0 unspecified atom stereocenters. The second-order valence-electron chi connectivity index (χ2n) is 4.52. The van der Waals surface area contributed by atoms with Crippen LogP contribution in [-0.2, 0) is 0 Å². The van der Waals surface area contributed by atoms with E-state index in [1.54, 1.807) is 18.2 Å². The Morgan fingerprint density at radius 3 is 2.55 bits per heavy atom. The lowest BCUT2D eigenvalue weighted by Crippen LogP contribution is -2.00. The largest absolute Gasteiger partial charge is 0.495 e. The predicted octanol–water partition coefficient (Wildman–Crippen LogP) is 4.20. The Labute approximate surface area is 131 Å². The molecule has 1 N–H and O–H groups in total. The second-order valence-corrected chi connectivity index (χ2v) is 4.93. The van der Waals surface area contributed by atoms with Gasteiger partial charge in [-0.05, 0) is 37.3 Å². The van der Waals surface area contributed by atoms with E-state index in [0.717, 1.165) is 0 Å². The minimum absolute atomic E-state index is 0.181. The number of nitro benzene ring substituents is 1. The maximum absolute atomic E-state index is 11.3. The Morgan fingerprint density at radius 1 is 1.27 bits per heavy atom. The Bertz CT molecular complexity index is 746. The van der Waals surface area contributed by atoms with Crippen molar-refractivity contribution < 1.29 is 14.5 Å². The molecule has 2 aromatic carbocycles. The molecule has 0 heterocycles. The monoisotopic (exact) mass is 320 g/mol. The van der Waals surface area contributed by atoms with Crippen LogP contribution in [0.1, 0.15) is 17.3 Å². The zero-order chi connectivity index (χ0) is 16.3. The maximum Gasteiger partial charge on any atom is 0.293 e. The van der Waals surface area contributed by atoms with Gasteiger partial charge in [-0.3, -0.25) is 14.9 Å². The molecule has 2 rings (SSSR count). The van der Waals surface area contributed by atoms with Crippen molar-refractivity contribution in [2.45, 2.75) is 6.92 Å². The average molecular weight is 321 g/mol. The van der Waals surface area contributed by atoms with Crippen molar-refractivity contribution in [3.8, 4) is 5.75 Å². The number of hydrogen-bond acceptors (Lipinski definition) is 5. The smallest absolute Gasteiger partial charge is 0.293 e. The molecule has 7 heteroatoms. The van der Waals surface area contributed by atoms with Gasteiger partial charge in [-0.15, -0.1) is 0 Å². The number of carbonyl (C=O) groups excluding carboxylic acids is 1. The van der Waals surface area contributed by atoms with Crippen LogP contribution in [0.5, 0.6) is 5.75 Å². The van der Waals surface area contributed by atoms with E-state index < -0.39 is 4.92 Å². The number of ketones is 1. The molecule has 0 aromatic heterocycles. The van der Waals surface area contributed by atoms with Gasteiger partial charge in [0.05, 0.1) is 17.1 Å². The Balaban J connectivity index is 2.38. The number of nitrogens with zero attached hydrogens (tertiary/aromatic N) is 1. The second kappa shape index (κ2) is 6.44. The molecule has 0 spiro atoms. The van der Waals surface area contributed by atoms with Crippen LogP contribution in [0.15, 0.2) is 36.4 Å². The van der Waals surface area contributed by atoms with Gasteiger partial charge in [0.2, 0.25) is 0 Å². The van der Waals surface area contributed by atoms with Gasteiger partial charge in [0.1, 0.15) is 11.4 Å². The standard InChI is InChI=1S/C15H13ClN2O4/c1-9(19)10-3-5-13(14(7-10)18(20)21)17-11-4-6-15(22-2)12(16)8-11/h3-8,17H,1-2H3. The Hall–Kier alpha value is -2.60. The molecule has 0 aliphatic rings. The molecule has 0 aliphatic heterocycles. The molecule has 0 atom stereocenters. The summed E-state index contributed by atoms with van der Waals surface area (Å²) in [5.41, 5.74) is 0.949. The van der Waals surface area contributed by atoms with E-state index in [-0.39, 0.29) is 22.7 Å². The number of rotatable bonds is 5. The van der Waals surface area contributed by atoms with Crippen LogP contribution in [-0.4, -0.2) is 17.8 Å². The average Bonchev–Trinajstić information content (AvgIpc) is 2.47. The number of carbonyl (C=O) groups is 1. The third-order valence-corrected chi connectivity index (χ3v) is 3.33. The van der Waals surface area contributed by atoms with Crippen molar-refractivity contribution >= 4 is 34.4 Å². The van der Waals surface area contributed by atoms with Gasteiger partial charge < -0.3 is 10.1 Å². The topological polar surface area (TPSA) is 81.5 Å². The van der Waals surface area contributed by atoms with Crippen molar-refractivity contribution in [3.05, 3.63) is 57.1 Å². The molecule has 2 aromatic rings. The zero-order valence-corrected chi connectivity index (χ0v) is 12.7. The van der Waals surface area contributed by atoms with Crippen LogP contribution in [0.4, 0.5) is 17.1 Å². The first-order valence-electron chi connectivity index (χ1n) is 6.32. The molecule has 0 fully saturated rings. The van der Waals surface area contributed by atoms with E-state index in [9.17, 15) is 14.9 Å². The zero-order valence-electron chi connectivity index (χ0n) is 11.9. The van der Waals surface area contributed by atoms with Gasteiger partial charge in [0.15, 0.2) is 5.78 Å². The van der Waals surface area contributed by atoms with E-state index >= 15 is 0 Å². The molecule has 0 aliphatic carbocycles. The molecule has 0 radical (unpaired) electrons. The highest BCUT2D eigenvalue weighted by Crippen LogP contribution is 2.32. The third-order valence-electron chi connectivity index (χ3n) is 3.03. The number of ether oxygens (including phenoxy) is 1. The van der Waals surface area contributed by atoms with Crippen molar-refractivity contribution in [3.63, 3.8) is 0 Å². The third kappa shape index (κ3) is 3.35. The van der Waals surface area contributed by atoms with Gasteiger partial charge in [-0.2, -0.15) is 0 Å². The Morgan fingerprint density at radius 2 is 2.00 bits per heavy atom. The van der Waals surface area contributed by atoms with Crippen molar-refractivity contribution in [2.75, 3.05) is 12.4 Å². The summed E-state index contributed by atoms with van der Waals surface area (Å²) < 4.78 is 5.05. The fourth-order valence-electron chi connectivity index (χ4n) is 1.91. The molecule has 0 bridgehead atoms. The summed E-state index contributed by atoms with van der Waals surface area (Å²) in [5.74, 6) is 0.274. The summed E-state index contributed by atoms with van der Waals surface area (Å²) in [6, 6.07) is 9.21. The van der Waals surface area contributed by atoms with Crippen molar-refractivity contribution in [2.24, 2.45) is 0 Å². The number of anilines is 2. The van der Waals surface area contributed by atoms with Crippen LogP contribution < -0.4 is 10.1 Å². The normalized spacial score (nSPS) is 10.1. The minimum atomic E-state index is -0.542. The highest BCUT2D eigenvalue weighted by atomic mass is 35.5. The minimum Gasteiger partial charge on any atom is -0.495 e. The maximum atomic E-state index is 11.3. The number of methoxy groups -OCH3 is 1. The van der Waals surface area contributed by atoms with Crippen LogP contribution in [0.3, 0.4) is 0 Å². The van der Waals surface area contributed by atoms with Crippen LogP contribution in [0.2, 0.25) is 5.02 Å². The van der Waals surface area contributed by atoms with E-state index in [1.165, 1.54) is 32.2 Å². The predicted molar refractivity (Wildman–Crippen MR) is 84.4 cm³/mol. The van der Waals surface area contributed by atoms with Crippen molar-refractivity contribution in [1.82, 2.24) is 0 Å². The number of Topliss-reactive ketones (excluding diaryl/α,β-unsaturated/α-hetero) is 1. The summed E-state index contributed by atoms with van der Waals surface area (Å²) in [6.07, 6.45) is 0. The molecule has 114 valence electrons. The highest BCUT2D eigenvalue weighted by molar-refractivity contribution is 6.32. The van der Waals surface area contributed by atoms with Crippen LogP contribution in [0, 0.1) is 10.1 Å². The number of nitrogens with one attached hydrogen (secondary N) is 1. The van der Waals surface area contributed by atoms with Crippen molar-refractivity contribution in [1.29, 1.82) is 0 Å². The number of halogens is 1. The molecule has 22 heavy (non-hydrogen) atoms. The first kappa shape index (κ1) is 15.8. The first-order chi connectivity index (χ1) is 10.4. The van der Waals surface area contributed by atoms with Gasteiger partial charge in [-0.1, -0.05) is 11.6 Å².